The lowest BCUT2D eigenvalue weighted by Gasteiger charge is -2.23. The number of aryl methyl sites for hydroxylation is 2. The number of aromatic nitrogens is 2. The highest BCUT2D eigenvalue weighted by molar-refractivity contribution is 6.51. The van der Waals surface area contributed by atoms with E-state index >= 15 is 0 Å². The Morgan fingerprint density at radius 1 is 1.25 bits per heavy atom. The van der Waals surface area contributed by atoms with Crippen molar-refractivity contribution in [1.29, 1.82) is 0 Å². The number of amides is 1. The maximum absolute atomic E-state index is 13.3. The summed E-state index contributed by atoms with van der Waals surface area (Å²) in [6.45, 7) is 8.85. The predicted molar refractivity (Wildman–Crippen MR) is 130 cm³/mol. The van der Waals surface area contributed by atoms with Crippen LogP contribution in [-0.4, -0.2) is 46.6 Å². The standard InChI is InChI=1S/C26H25N3O7/c1-6-11-35-17-9-7-16(8-10-17)22-20(24(31)25(32)29(22)18-12-13(2)36-28-18)23(30)21-14(3)19(15(4)27-21)26(33)34-5/h6-10,12,22,27,30H,1,11H2,2-5H3/b23-20+. The maximum Gasteiger partial charge on any atom is 0.339 e. The minimum Gasteiger partial charge on any atom is -0.505 e. The summed E-state index contributed by atoms with van der Waals surface area (Å²) in [6.07, 6.45) is 1.61. The van der Waals surface area contributed by atoms with Crippen molar-refractivity contribution < 1.29 is 33.5 Å². The number of rotatable bonds is 7. The van der Waals surface area contributed by atoms with Gasteiger partial charge in [-0.15, -0.1) is 0 Å². The SMILES string of the molecule is C=CCOc1ccc(C2/C(=C(\O)c3[nH]c(C)c(C(=O)OC)c3C)C(=O)C(=O)N2c2cc(C)on2)cc1. The van der Waals surface area contributed by atoms with Crippen LogP contribution in [0.4, 0.5) is 5.82 Å². The summed E-state index contributed by atoms with van der Waals surface area (Å²) < 4.78 is 15.5. The van der Waals surface area contributed by atoms with Crippen LogP contribution in [0, 0.1) is 20.8 Å². The molecule has 1 unspecified atom stereocenters. The lowest BCUT2D eigenvalue weighted by molar-refractivity contribution is -0.132. The number of anilines is 1. The van der Waals surface area contributed by atoms with Crippen LogP contribution < -0.4 is 9.64 Å². The molecule has 186 valence electrons. The second kappa shape index (κ2) is 9.57. The Morgan fingerprint density at radius 3 is 2.53 bits per heavy atom. The predicted octanol–water partition coefficient (Wildman–Crippen LogP) is 3.91. The number of aliphatic hydroxyl groups excluding tert-OH is 1. The maximum atomic E-state index is 13.3. The highest BCUT2D eigenvalue weighted by Gasteiger charge is 2.48. The zero-order chi connectivity index (χ0) is 26.1. The number of H-pyrrole nitrogens is 1. The van der Waals surface area contributed by atoms with Crippen LogP contribution in [0.15, 0.2) is 53.1 Å². The number of carbonyl (C=O) groups is 3. The van der Waals surface area contributed by atoms with E-state index in [1.165, 1.54) is 18.1 Å². The lowest BCUT2D eigenvalue weighted by Crippen LogP contribution is -2.29. The topological polar surface area (TPSA) is 135 Å². The van der Waals surface area contributed by atoms with Gasteiger partial charge in [0.2, 0.25) is 0 Å². The third-order valence-electron chi connectivity index (χ3n) is 5.93. The number of ether oxygens (including phenoxy) is 2. The molecule has 3 aromatic rings. The molecule has 0 spiro atoms. The number of hydrogen-bond acceptors (Lipinski definition) is 8. The molecule has 36 heavy (non-hydrogen) atoms. The minimum atomic E-state index is -1.02. The van der Waals surface area contributed by atoms with Gasteiger partial charge in [0.25, 0.3) is 5.78 Å². The van der Waals surface area contributed by atoms with Gasteiger partial charge in [-0.2, -0.15) is 0 Å². The number of nitrogens with one attached hydrogen (secondary N) is 1. The van der Waals surface area contributed by atoms with E-state index in [0.717, 1.165) is 0 Å². The Bertz CT molecular complexity index is 1400. The van der Waals surface area contributed by atoms with E-state index in [0.29, 0.717) is 34.9 Å². The fourth-order valence-electron chi connectivity index (χ4n) is 4.28. The van der Waals surface area contributed by atoms with E-state index in [1.54, 1.807) is 51.1 Å². The van der Waals surface area contributed by atoms with Crippen LogP contribution in [-0.2, 0) is 14.3 Å². The van der Waals surface area contributed by atoms with Crippen molar-refractivity contribution in [2.24, 2.45) is 0 Å². The minimum absolute atomic E-state index is 0.125. The molecule has 1 saturated heterocycles. The lowest BCUT2D eigenvalue weighted by atomic mass is 9.95. The summed E-state index contributed by atoms with van der Waals surface area (Å²) in [7, 11) is 1.25. The molecule has 2 aromatic heterocycles. The average molecular weight is 492 g/mol. The van der Waals surface area contributed by atoms with E-state index in [-0.39, 0.29) is 22.6 Å². The van der Waals surface area contributed by atoms with Crippen molar-refractivity contribution in [2.75, 3.05) is 18.6 Å². The molecule has 0 saturated carbocycles. The van der Waals surface area contributed by atoms with Crippen LogP contribution in [0.3, 0.4) is 0 Å². The van der Waals surface area contributed by atoms with E-state index in [4.69, 9.17) is 14.0 Å². The number of benzene rings is 1. The number of hydrogen-bond donors (Lipinski definition) is 2. The first kappa shape index (κ1) is 24.5. The van der Waals surface area contributed by atoms with Crippen molar-refractivity contribution in [3.63, 3.8) is 0 Å². The van der Waals surface area contributed by atoms with Gasteiger partial charge in [0.15, 0.2) is 5.82 Å². The van der Waals surface area contributed by atoms with Gasteiger partial charge in [-0.3, -0.25) is 14.5 Å². The van der Waals surface area contributed by atoms with Crippen LogP contribution in [0.25, 0.3) is 5.76 Å². The van der Waals surface area contributed by atoms with E-state index in [9.17, 15) is 19.5 Å². The van der Waals surface area contributed by atoms with Crippen LogP contribution in [0.2, 0.25) is 0 Å². The van der Waals surface area contributed by atoms with Crippen molar-refractivity contribution in [3.8, 4) is 5.75 Å². The molecule has 1 aliphatic heterocycles. The third kappa shape index (κ3) is 4.06. The molecule has 1 aliphatic rings. The van der Waals surface area contributed by atoms with Gasteiger partial charge in [-0.1, -0.05) is 29.9 Å². The molecule has 10 nitrogen and oxygen atoms in total. The Balaban J connectivity index is 1.91. The Kier molecular flexibility index (Phi) is 6.52. The van der Waals surface area contributed by atoms with Crippen molar-refractivity contribution in [1.82, 2.24) is 10.1 Å². The number of aromatic amines is 1. The summed E-state index contributed by atoms with van der Waals surface area (Å²) >= 11 is 0. The zero-order valence-corrected chi connectivity index (χ0v) is 20.2. The zero-order valence-electron chi connectivity index (χ0n) is 20.2. The normalized spacial score (nSPS) is 16.9. The molecule has 0 aliphatic carbocycles. The second-order valence-electron chi connectivity index (χ2n) is 8.25. The first-order chi connectivity index (χ1) is 17.2. The average Bonchev–Trinajstić information content (AvgIpc) is 3.50. The second-order valence-corrected chi connectivity index (χ2v) is 8.25. The van der Waals surface area contributed by atoms with E-state index in [1.807, 2.05) is 0 Å². The summed E-state index contributed by atoms with van der Waals surface area (Å²) in [5.41, 5.74) is 1.56. The first-order valence-electron chi connectivity index (χ1n) is 11.0. The third-order valence-corrected chi connectivity index (χ3v) is 5.93. The van der Waals surface area contributed by atoms with E-state index in [2.05, 4.69) is 16.7 Å². The van der Waals surface area contributed by atoms with Crippen molar-refractivity contribution in [3.05, 3.63) is 82.4 Å². The van der Waals surface area contributed by atoms with Gasteiger partial charge in [-0.05, 0) is 44.0 Å². The quantitative estimate of drug-likeness (QED) is 0.167. The van der Waals surface area contributed by atoms with Crippen LogP contribution in [0.5, 0.6) is 5.75 Å². The molecule has 1 amide bonds. The largest absolute Gasteiger partial charge is 0.505 e. The van der Waals surface area contributed by atoms with Gasteiger partial charge >= 0.3 is 11.9 Å². The molecule has 10 heteroatoms. The van der Waals surface area contributed by atoms with Crippen LogP contribution >= 0.6 is 0 Å². The number of Topliss-reactive ketones (excluding diaryl/α,β-unsaturated/α-hetero) is 1. The Hall–Kier alpha value is -4.60. The molecule has 0 bridgehead atoms. The molecule has 1 fully saturated rings. The number of carbonyl (C=O) groups excluding carboxylic acids is 3. The summed E-state index contributed by atoms with van der Waals surface area (Å²) in [4.78, 5) is 42.9. The smallest absolute Gasteiger partial charge is 0.339 e. The fraction of sp³-hybridized carbons (Fsp3) is 0.231. The molecule has 0 radical (unpaired) electrons. The van der Waals surface area contributed by atoms with Crippen LogP contribution in [0.1, 0.15) is 44.7 Å². The number of aliphatic hydroxyl groups is 1. The molecule has 1 aromatic carbocycles. The molecule has 2 N–H and O–H groups in total. The molecular weight excluding hydrogens is 466 g/mol. The Morgan fingerprint density at radius 2 is 1.94 bits per heavy atom. The van der Waals surface area contributed by atoms with Gasteiger partial charge < -0.3 is 24.1 Å². The Labute approximate surface area is 206 Å². The summed E-state index contributed by atoms with van der Waals surface area (Å²) in [5, 5.41) is 15.3. The monoisotopic (exact) mass is 491 g/mol. The highest BCUT2D eigenvalue weighted by Crippen LogP contribution is 2.42. The highest BCUT2D eigenvalue weighted by atomic mass is 16.5. The molecule has 4 rings (SSSR count). The molecule has 1 atom stereocenters. The van der Waals surface area contributed by atoms with Gasteiger partial charge in [-0.25, -0.2) is 4.79 Å². The number of esters is 1. The number of nitrogens with zero attached hydrogens (tertiary/aromatic N) is 2. The fourth-order valence-corrected chi connectivity index (χ4v) is 4.28. The van der Waals surface area contributed by atoms with Gasteiger partial charge in [0.05, 0.1) is 30.0 Å². The van der Waals surface area contributed by atoms with Crippen molar-refractivity contribution in [2.45, 2.75) is 26.8 Å². The van der Waals surface area contributed by atoms with Gasteiger partial charge in [0.1, 0.15) is 23.9 Å². The summed E-state index contributed by atoms with van der Waals surface area (Å²) in [5.74, 6) is -1.70. The van der Waals surface area contributed by atoms with E-state index < -0.39 is 29.5 Å². The molecular formula is C26H25N3O7. The first-order valence-corrected chi connectivity index (χ1v) is 11.0. The summed E-state index contributed by atoms with van der Waals surface area (Å²) in [6, 6.07) is 7.26. The number of methoxy groups -OCH3 is 1. The number of ketones is 1. The molecule has 3 heterocycles. The van der Waals surface area contributed by atoms with Crippen molar-refractivity contribution >= 4 is 29.2 Å². The van der Waals surface area contributed by atoms with Gasteiger partial charge in [0, 0.05) is 11.8 Å².